The summed E-state index contributed by atoms with van der Waals surface area (Å²) in [6, 6.07) is 9.72. The first kappa shape index (κ1) is 18.8. The monoisotopic (exact) mass is 367 g/mol. The number of carbonyl (C=O) groups excluding carboxylic acids is 1. The molecule has 27 heavy (non-hydrogen) atoms. The minimum atomic E-state index is -0.106. The van der Waals surface area contributed by atoms with E-state index in [4.69, 9.17) is 9.47 Å². The van der Waals surface area contributed by atoms with Crippen LogP contribution in [-0.2, 0) is 12.8 Å². The van der Waals surface area contributed by atoms with E-state index in [9.17, 15) is 4.79 Å². The first-order chi connectivity index (χ1) is 13.1. The molecule has 0 spiro atoms. The van der Waals surface area contributed by atoms with Crippen molar-refractivity contribution < 1.29 is 14.3 Å². The maximum Gasteiger partial charge on any atom is 0.270 e. The third-order valence-corrected chi connectivity index (χ3v) is 4.54. The molecule has 0 aliphatic carbocycles. The van der Waals surface area contributed by atoms with E-state index >= 15 is 0 Å². The number of methoxy groups -OCH3 is 2. The fourth-order valence-electron chi connectivity index (χ4n) is 3.13. The van der Waals surface area contributed by atoms with Gasteiger partial charge < -0.3 is 14.8 Å². The fourth-order valence-corrected chi connectivity index (χ4v) is 3.13. The topological polar surface area (TPSA) is 64.9 Å². The molecule has 0 unspecified atom stereocenters. The second-order valence-corrected chi connectivity index (χ2v) is 6.39. The summed E-state index contributed by atoms with van der Waals surface area (Å²) in [5.74, 6) is 1.27. The molecule has 6 nitrogen and oxygen atoms in total. The van der Waals surface area contributed by atoms with Crippen LogP contribution in [0.3, 0.4) is 0 Å². The van der Waals surface area contributed by atoms with Gasteiger partial charge in [0.15, 0.2) is 11.5 Å². The molecule has 1 amide bonds. The lowest BCUT2D eigenvalue weighted by Crippen LogP contribution is -2.27. The molecule has 3 aromatic rings. The molecule has 0 aliphatic rings. The molecule has 0 bridgehead atoms. The van der Waals surface area contributed by atoms with Gasteiger partial charge in [0.25, 0.3) is 5.91 Å². The second kappa shape index (κ2) is 8.12. The second-order valence-electron chi connectivity index (χ2n) is 6.39. The Kier molecular flexibility index (Phi) is 5.64. The van der Waals surface area contributed by atoms with E-state index in [1.54, 1.807) is 14.2 Å². The molecule has 142 valence electrons. The number of aromatic nitrogens is 2. The van der Waals surface area contributed by atoms with Gasteiger partial charge in [-0.15, -0.1) is 0 Å². The molecule has 1 N–H and O–H groups in total. The lowest BCUT2D eigenvalue weighted by molar-refractivity contribution is 0.0947. The summed E-state index contributed by atoms with van der Waals surface area (Å²) in [5, 5.41) is 3.01. The van der Waals surface area contributed by atoms with Crippen molar-refractivity contribution in [1.82, 2.24) is 14.7 Å². The molecule has 0 saturated carbocycles. The molecule has 2 heterocycles. The van der Waals surface area contributed by atoms with E-state index in [1.165, 1.54) is 0 Å². The summed E-state index contributed by atoms with van der Waals surface area (Å²) in [5.41, 5.74) is 4.37. The Hall–Kier alpha value is -3.02. The Morgan fingerprint density at radius 1 is 1.15 bits per heavy atom. The van der Waals surface area contributed by atoms with Gasteiger partial charge >= 0.3 is 0 Å². The number of rotatable bonds is 7. The number of benzene rings is 1. The molecule has 1 aromatic carbocycles. The largest absolute Gasteiger partial charge is 0.493 e. The standard InChI is InChI=1S/C21H25N3O3/c1-5-16-20(24-13-14(2)6-9-19(24)23-16)21(25)22-11-10-15-7-8-17(26-3)18(12-15)27-4/h6-9,12-13H,5,10-11H2,1-4H3,(H,22,25). The maximum atomic E-state index is 12.8. The highest BCUT2D eigenvalue weighted by molar-refractivity contribution is 5.94. The van der Waals surface area contributed by atoms with Crippen LogP contribution < -0.4 is 14.8 Å². The molecule has 6 heteroatoms. The first-order valence-corrected chi connectivity index (χ1v) is 9.04. The quantitative estimate of drug-likeness (QED) is 0.696. The van der Waals surface area contributed by atoms with Gasteiger partial charge in [0, 0.05) is 12.7 Å². The van der Waals surface area contributed by atoms with Gasteiger partial charge in [-0.2, -0.15) is 0 Å². The molecule has 2 aromatic heterocycles. The van der Waals surface area contributed by atoms with Crippen molar-refractivity contribution >= 4 is 11.6 Å². The highest BCUT2D eigenvalue weighted by Gasteiger charge is 2.18. The summed E-state index contributed by atoms with van der Waals surface area (Å²) in [4.78, 5) is 17.4. The summed E-state index contributed by atoms with van der Waals surface area (Å²) in [6.45, 7) is 4.54. The van der Waals surface area contributed by atoms with Crippen LogP contribution >= 0.6 is 0 Å². The van der Waals surface area contributed by atoms with Crippen LogP contribution in [-0.4, -0.2) is 36.1 Å². The van der Waals surface area contributed by atoms with Crippen molar-refractivity contribution in [1.29, 1.82) is 0 Å². The fraction of sp³-hybridized carbons (Fsp3) is 0.333. The Bertz CT molecular complexity index is 963. The van der Waals surface area contributed by atoms with Crippen molar-refractivity contribution in [2.45, 2.75) is 26.7 Å². The Morgan fingerprint density at radius 2 is 1.93 bits per heavy atom. The van der Waals surface area contributed by atoms with Crippen LogP contribution in [0.5, 0.6) is 11.5 Å². The number of ether oxygens (including phenoxy) is 2. The van der Waals surface area contributed by atoms with Crippen molar-refractivity contribution in [3.05, 3.63) is 59.0 Å². The zero-order valence-electron chi connectivity index (χ0n) is 16.2. The van der Waals surface area contributed by atoms with E-state index in [1.807, 2.05) is 54.8 Å². The number of fused-ring (bicyclic) bond motifs is 1. The third-order valence-electron chi connectivity index (χ3n) is 4.54. The smallest absolute Gasteiger partial charge is 0.270 e. The lowest BCUT2D eigenvalue weighted by Gasteiger charge is -2.10. The molecule has 0 saturated heterocycles. The number of pyridine rings is 1. The van der Waals surface area contributed by atoms with Crippen molar-refractivity contribution in [3.8, 4) is 11.5 Å². The predicted molar refractivity (Wildman–Crippen MR) is 105 cm³/mol. The number of nitrogens with zero attached hydrogens (tertiary/aromatic N) is 2. The third kappa shape index (κ3) is 3.89. The van der Waals surface area contributed by atoms with Gasteiger partial charge in [-0.25, -0.2) is 4.98 Å². The highest BCUT2D eigenvalue weighted by Crippen LogP contribution is 2.27. The van der Waals surface area contributed by atoms with Crippen molar-refractivity contribution in [2.75, 3.05) is 20.8 Å². The van der Waals surface area contributed by atoms with Crippen LogP contribution in [0, 0.1) is 6.92 Å². The molecular weight excluding hydrogens is 342 g/mol. The number of imidazole rings is 1. The summed E-state index contributed by atoms with van der Waals surface area (Å²) < 4.78 is 12.5. The molecule has 3 rings (SSSR count). The number of carbonyl (C=O) groups is 1. The predicted octanol–water partition coefficient (Wildman–Crippen LogP) is 3.19. The molecule has 0 aliphatic heterocycles. The lowest BCUT2D eigenvalue weighted by atomic mass is 10.1. The zero-order valence-corrected chi connectivity index (χ0v) is 16.2. The Balaban J connectivity index is 1.73. The van der Waals surface area contributed by atoms with Gasteiger partial charge in [0.05, 0.1) is 19.9 Å². The molecule has 0 radical (unpaired) electrons. The van der Waals surface area contributed by atoms with E-state index in [-0.39, 0.29) is 5.91 Å². The number of amides is 1. The Morgan fingerprint density at radius 3 is 2.63 bits per heavy atom. The van der Waals surface area contributed by atoms with Crippen LogP contribution in [0.1, 0.15) is 34.2 Å². The number of hydrogen-bond acceptors (Lipinski definition) is 4. The van der Waals surface area contributed by atoms with Crippen LogP contribution in [0.25, 0.3) is 5.65 Å². The van der Waals surface area contributed by atoms with E-state index in [2.05, 4.69) is 10.3 Å². The van der Waals surface area contributed by atoms with E-state index in [0.717, 1.165) is 22.5 Å². The normalized spacial score (nSPS) is 10.8. The van der Waals surface area contributed by atoms with Gasteiger partial charge in [-0.05, 0) is 49.1 Å². The van der Waals surface area contributed by atoms with Gasteiger partial charge in [0.1, 0.15) is 11.3 Å². The SMILES string of the molecule is CCc1nc2ccc(C)cn2c1C(=O)NCCc1ccc(OC)c(OC)c1. The summed E-state index contributed by atoms with van der Waals surface area (Å²) >= 11 is 0. The van der Waals surface area contributed by atoms with E-state index < -0.39 is 0 Å². The van der Waals surface area contributed by atoms with Crippen LogP contribution in [0.15, 0.2) is 36.5 Å². The van der Waals surface area contributed by atoms with Crippen molar-refractivity contribution in [3.63, 3.8) is 0 Å². The average molecular weight is 367 g/mol. The minimum absolute atomic E-state index is 0.106. The van der Waals surface area contributed by atoms with Crippen LogP contribution in [0.2, 0.25) is 0 Å². The Labute approximate surface area is 159 Å². The average Bonchev–Trinajstić information content (AvgIpc) is 3.05. The van der Waals surface area contributed by atoms with Gasteiger partial charge in [-0.1, -0.05) is 19.1 Å². The number of aryl methyl sites for hydroxylation is 2. The van der Waals surface area contributed by atoms with Gasteiger partial charge in [-0.3, -0.25) is 9.20 Å². The zero-order chi connectivity index (χ0) is 19.4. The number of nitrogens with one attached hydrogen (secondary N) is 1. The summed E-state index contributed by atoms with van der Waals surface area (Å²) in [7, 11) is 3.23. The van der Waals surface area contributed by atoms with Crippen molar-refractivity contribution in [2.24, 2.45) is 0 Å². The van der Waals surface area contributed by atoms with E-state index in [0.29, 0.717) is 36.6 Å². The van der Waals surface area contributed by atoms with Crippen LogP contribution in [0.4, 0.5) is 0 Å². The maximum absolute atomic E-state index is 12.8. The number of hydrogen-bond donors (Lipinski definition) is 1. The summed E-state index contributed by atoms with van der Waals surface area (Å²) in [6.07, 6.45) is 3.35. The highest BCUT2D eigenvalue weighted by atomic mass is 16.5. The first-order valence-electron chi connectivity index (χ1n) is 9.04. The minimum Gasteiger partial charge on any atom is -0.493 e. The molecular formula is C21H25N3O3. The van der Waals surface area contributed by atoms with Gasteiger partial charge in [0.2, 0.25) is 0 Å². The molecule has 0 atom stereocenters. The molecule has 0 fully saturated rings.